The quantitative estimate of drug-likeness (QED) is 0.690. The molecule has 0 aliphatic carbocycles. The molecule has 24 heavy (non-hydrogen) atoms. The highest BCUT2D eigenvalue weighted by molar-refractivity contribution is 5.36. The molecule has 0 saturated carbocycles. The third-order valence-electron chi connectivity index (χ3n) is 2.99. The van der Waals surface area contributed by atoms with Gasteiger partial charge in [0, 0.05) is 0 Å². The van der Waals surface area contributed by atoms with E-state index < -0.39 is 41.6 Å². The second-order valence-corrected chi connectivity index (χ2v) is 5.21. The number of aromatic nitrogens is 2. The molecular formula is C14H10F8N2. The van der Waals surface area contributed by atoms with Crippen LogP contribution in [-0.2, 0) is 12.1 Å². The summed E-state index contributed by atoms with van der Waals surface area (Å²) in [5.41, 5.74) is -4.69. The predicted molar refractivity (Wildman–Crippen MR) is 67.7 cm³/mol. The van der Waals surface area contributed by atoms with Crippen LogP contribution < -0.4 is 0 Å². The lowest BCUT2D eigenvalue weighted by atomic mass is 10.0. The summed E-state index contributed by atoms with van der Waals surface area (Å²) in [6.45, 7) is 0.124. The van der Waals surface area contributed by atoms with Crippen molar-refractivity contribution in [3.8, 4) is 5.69 Å². The Morgan fingerprint density at radius 2 is 1.50 bits per heavy atom. The molecule has 10 heteroatoms. The molecule has 2 rings (SSSR count). The van der Waals surface area contributed by atoms with E-state index in [-0.39, 0.29) is 17.3 Å². The van der Waals surface area contributed by atoms with Gasteiger partial charge in [-0.3, -0.25) is 0 Å². The fourth-order valence-corrected chi connectivity index (χ4v) is 2.12. The zero-order valence-electron chi connectivity index (χ0n) is 12.0. The molecule has 1 heterocycles. The van der Waals surface area contributed by atoms with Gasteiger partial charge in [0.05, 0.1) is 12.1 Å². The summed E-state index contributed by atoms with van der Waals surface area (Å²) in [5.74, 6) is -10.7. The number of halogens is 8. The normalized spacial score (nSPS) is 13.4. The average Bonchev–Trinajstić information content (AvgIpc) is 2.75. The molecule has 1 aromatic heterocycles. The van der Waals surface area contributed by atoms with E-state index in [2.05, 4.69) is 5.10 Å². The van der Waals surface area contributed by atoms with Crippen LogP contribution in [0.25, 0.3) is 5.69 Å². The highest BCUT2D eigenvalue weighted by Crippen LogP contribution is 2.45. The average molecular weight is 358 g/mol. The van der Waals surface area contributed by atoms with E-state index in [1.165, 1.54) is 18.2 Å². The van der Waals surface area contributed by atoms with Gasteiger partial charge >= 0.3 is 6.18 Å². The Balaban J connectivity index is 2.67. The highest BCUT2D eigenvalue weighted by atomic mass is 19.4. The van der Waals surface area contributed by atoms with Crippen molar-refractivity contribution in [3.05, 3.63) is 47.5 Å². The van der Waals surface area contributed by atoms with Crippen LogP contribution in [0, 0.1) is 5.95 Å². The molecule has 0 N–H and O–H groups in total. The predicted octanol–water partition coefficient (Wildman–Crippen LogP) is 5.17. The van der Waals surface area contributed by atoms with Crippen molar-refractivity contribution in [2.45, 2.75) is 31.4 Å². The van der Waals surface area contributed by atoms with Crippen molar-refractivity contribution in [2.24, 2.45) is 0 Å². The lowest BCUT2D eigenvalue weighted by Gasteiger charge is -2.20. The molecule has 132 valence electrons. The number of alkyl halides is 7. The molecule has 0 fully saturated rings. The van der Waals surface area contributed by atoms with E-state index in [4.69, 9.17) is 0 Å². The Hall–Kier alpha value is -2.13. The minimum atomic E-state index is -5.53. The molecule has 1 aromatic carbocycles. The smallest absolute Gasteiger partial charge is 0.207 e. The SMILES string of the molecule is CC(F)(F)CC(F)(F)c1nn(-c2ccccc2)c(F)c1C(F)(F)F. The van der Waals surface area contributed by atoms with E-state index in [1.807, 2.05) is 0 Å². The summed E-state index contributed by atoms with van der Waals surface area (Å²) in [4.78, 5) is 0. The van der Waals surface area contributed by atoms with Crippen molar-refractivity contribution in [3.63, 3.8) is 0 Å². The lowest BCUT2D eigenvalue weighted by Crippen LogP contribution is -2.27. The van der Waals surface area contributed by atoms with Crippen molar-refractivity contribution in [1.82, 2.24) is 9.78 Å². The largest absolute Gasteiger partial charge is 0.422 e. The highest BCUT2D eigenvalue weighted by Gasteiger charge is 2.52. The van der Waals surface area contributed by atoms with E-state index in [0.717, 1.165) is 12.1 Å². The van der Waals surface area contributed by atoms with E-state index in [0.29, 0.717) is 0 Å². The Labute approximate surface area is 130 Å². The van der Waals surface area contributed by atoms with Gasteiger partial charge < -0.3 is 0 Å². The Kier molecular flexibility index (Phi) is 4.36. The van der Waals surface area contributed by atoms with E-state index in [9.17, 15) is 35.1 Å². The van der Waals surface area contributed by atoms with Crippen LogP contribution >= 0.6 is 0 Å². The minimum Gasteiger partial charge on any atom is -0.207 e. The lowest BCUT2D eigenvalue weighted by molar-refractivity contribution is -0.150. The zero-order valence-corrected chi connectivity index (χ0v) is 12.0. The maximum Gasteiger partial charge on any atom is 0.422 e. The van der Waals surface area contributed by atoms with Crippen molar-refractivity contribution in [2.75, 3.05) is 0 Å². The van der Waals surface area contributed by atoms with Gasteiger partial charge in [-0.05, 0) is 19.1 Å². The Morgan fingerprint density at radius 3 is 1.96 bits per heavy atom. The molecule has 0 radical (unpaired) electrons. The van der Waals surface area contributed by atoms with Gasteiger partial charge in [0.2, 0.25) is 5.95 Å². The second-order valence-electron chi connectivity index (χ2n) is 5.21. The Bertz CT molecular complexity index is 713. The van der Waals surface area contributed by atoms with Gasteiger partial charge in [-0.2, -0.15) is 31.4 Å². The zero-order chi connectivity index (χ0) is 18.3. The third-order valence-corrected chi connectivity index (χ3v) is 2.99. The fraction of sp³-hybridized carbons (Fsp3) is 0.357. The number of nitrogens with zero attached hydrogens (tertiary/aromatic N) is 2. The number of rotatable bonds is 4. The number of para-hydroxylation sites is 1. The first-order chi connectivity index (χ1) is 10.8. The summed E-state index contributed by atoms with van der Waals surface area (Å²) in [5, 5.41) is 2.94. The summed E-state index contributed by atoms with van der Waals surface area (Å²) >= 11 is 0. The molecule has 0 aliphatic rings. The van der Waals surface area contributed by atoms with Crippen molar-refractivity contribution in [1.29, 1.82) is 0 Å². The summed E-state index contributed by atoms with van der Waals surface area (Å²) < 4.78 is 107. The monoisotopic (exact) mass is 358 g/mol. The van der Waals surface area contributed by atoms with Crippen LogP contribution in [0.3, 0.4) is 0 Å². The van der Waals surface area contributed by atoms with Crippen molar-refractivity contribution < 1.29 is 35.1 Å². The molecule has 0 bridgehead atoms. The van der Waals surface area contributed by atoms with Gasteiger partial charge in [0.15, 0.2) is 0 Å². The third kappa shape index (κ3) is 3.68. The van der Waals surface area contributed by atoms with Gasteiger partial charge in [-0.1, -0.05) is 18.2 Å². The van der Waals surface area contributed by atoms with Gasteiger partial charge in [-0.25, -0.2) is 13.5 Å². The second kappa shape index (κ2) is 5.75. The summed E-state index contributed by atoms with van der Waals surface area (Å²) in [7, 11) is 0. The molecule has 0 spiro atoms. The van der Waals surface area contributed by atoms with Gasteiger partial charge in [-0.15, -0.1) is 0 Å². The summed E-state index contributed by atoms with van der Waals surface area (Å²) in [6, 6.07) is 6.37. The first kappa shape index (κ1) is 18.2. The van der Waals surface area contributed by atoms with Gasteiger partial charge in [0.25, 0.3) is 11.8 Å². The number of hydrogen-bond donors (Lipinski definition) is 0. The van der Waals surface area contributed by atoms with E-state index >= 15 is 0 Å². The standard InChI is InChI=1S/C14H10F8N2/c1-12(16,17)7-13(18,19)10-9(14(20,21)22)11(15)24(23-10)8-5-3-2-4-6-8/h2-6H,7H2,1H3. The number of benzene rings is 1. The molecule has 2 aromatic rings. The number of hydrogen-bond acceptors (Lipinski definition) is 1. The molecule has 0 aliphatic heterocycles. The van der Waals surface area contributed by atoms with Crippen LogP contribution in [0.1, 0.15) is 24.6 Å². The first-order valence-electron chi connectivity index (χ1n) is 6.50. The minimum absolute atomic E-state index is 0.0138. The molecule has 2 nitrogen and oxygen atoms in total. The maximum absolute atomic E-state index is 14.1. The van der Waals surface area contributed by atoms with Gasteiger partial charge in [0.1, 0.15) is 11.3 Å². The van der Waals surface area contributed by atoms with Crippen LogP contribution in [0.15, 0.2) is 30.3 Å². The molecular weight excluding hydrogens is 348 g/mol. The maximum atomic E-state index is 14.1. The molecule has 0 amide bonds. The van der Waals surface area contributed by atoms with Crippen molar-refractivity contribution >= 4 is 0 Å². The summed E-state index contributed by atoms with van der Waals surface area (Å²) in [6.07, 6.45) is -7.76. The van der Waals surface area contributed by atoms with Crippen LogP contribution in [-0.4, -0.2) is 15.7 Å². The molecule has 0 saturated heterocycles. The van der Waals surface area contributed by atoms with Crippen LogP contribution in [0.5, 0.6) is 0 Å². The topological polar surface area (TPSA) is 17.8 Å². The molecule has 0 atom stereocenters. The van der Waals surface area contributed by atoms with Crippen LogP contribution in [0.4, 0.5) is 35.1 Å². The van der Waals surface area contributed by atoms with E-state index in [1.54, 1.807) is 0 Å². The molecule has 0 unspecified atom stereocenters. The first-order valence-corrected chi connectivity index (χ1v) is 6.50. The fourth-order valence-electron chi connectivity index (χ4n) is 2.12. The Morgan fingerprint density at radius 1 is 0.958 bits per heavy atom. The van der Waals surface area contributed by atoms with Crippen LogP contribution in [0.2, 0.25) is 0 Å².